The first-order chi connectivity index (χ1) is 14.7. The Bertz CT molecular complexity index is 987. The van der Waals surface area contributed by atoms with Crippen molar-refractivity contribution in [3.05, 3.63) is 30.1 Å². The van der Waals surface area contributed by atoms with Gasteiger partial charge in [-0.1, -0.05) is 26.0 Å². The number of rotatable bonds is 4. The van der Waals surface area contributed by atoms with E-state index in [1.54, 1.807) is 0 Å². The Kier molecular flexibility index (Phi) is 5.22. The first-order valence-electron chi connectivity index (χ1n) is 10.6. The Labute approximate surface area is 175 Å². The van der Waals surface area contributed by atoms with Crippen molar-refractivity contribution in [3.8, 4) is 5.95 Å². The predicted octanol–water partition coefficient (Wildman–Crippen LogP) is 2.01. The summed E-state index contributed by atoms with van der Waals surface area (Å²) in [6.07, 6.45) is 0. The van der Waals surface area contributed by atoms with Gasteiger partial charge in [0.2, 0.25) is 17.8 Å². The first kappa shape index (κ1) is 19.2. The molecule has 1 aromatic carbocycles. The van der Waals surface area contributed by atoms with E-state index < -0.39 is 0 Å². The molecule has 0 N–H and O–H groups in total. The van der Waals surface area contributed by atoms with Crippen LogP contribution in [0.15, 0.2) is 24.3 Å². The number of hydrogen-bond acceptors (Lipinski definition) is 8. The monoisotopic (exact) mass is 409 g/mol. The van der Waals surface area contributed by atoms with Crippen LogP contribution in [0.1, 0.15) is 25.6 Å². The highest BCUT2D eigenvalue weighted by atomic mass is 16.5. The summed E-state index contributed by atoms with van der Waals surface area (Å²) in [6, 6.07) is 8.14. The molecule has 2 aliphatic rings. The maximum Gasteiger partial charge on any atom is 0.242 e. The van der Waals surface area contributed by atoms with Crippen molar-refractivity contribution in [2.24, 2.45) is 0 Å². The molecular weight excluding hydrogens is 382 g/mol. The number of morpholine rings is 2. The zero-order chi connectivity index (χ0) is 20.5. The number of aromatic nitrogens is 5. The largest absolute Gasteiger partial charge is 0.378 e. The van der Waals surface area contributed by atoms with E-state index in [0.717, 1.165) is 43.0 Å². The molecule has 30 heavy (non-hydrogen) atoms. The van der Waals surface area contributed by atoms with E-state index in [0.29, 0.717) is 44.3 Å². The SMILES string of the molecule is CC(C)c1nc2ccccc2n1-c1nc(N2CCOCC2)nc(N2CCOCC2)n1. The smallest absolute Gasteiger partial charge is 0.242 e. The molecule has 3 aromatic rings. The van der Waals surface area contributed by atoms with Gasteiger partial charge in [-0.25, -0.2) is 4.98 Å². The molecule has 0 saturated carbocycles. The van der Waals surface area contributed by atoms with Crippen molar-refractivity contribution in [2.45, 2.75) is 19.8 Å². The number of imidazole rings is 1. The minimum atomic E-state index is 0.229. The van der Waals surface area contributed by atoms with E-state index >= 15 is 0 Å². The minimum absolute atomic E-state index is 0.229. The van der Waals surface area contributed by atoms with Crippen LogP contribution in [0.4, 0.5) is 11.9 Å². The maximum absolute atomic E-state index is 5.52. The number of anilines is 2. The fourth-order valence-electron chi connectivity index (χ4n) is 3.89. The summed E-state index contributed by atoms with van der Waals surface area (Å²) in [5.74, 6) is 3.18. The summed E-state index contributed by atoms with van der Waals surface area (Å²) in [7, 11) is 0. The number of ether oxygens (including phenoxy) is 2. The molecule has 2 aliphatic heterocycles. The zero-order valence-corrected chi connectivity index (χ0v) is 17.5. The highest BCUT2D eigenvalue weighted by Gasteiger charge is 2.24. The van der Waals surface area contributed by atoms with Gasteiger partial charge in [-0.2, -0.15) is 15.0 Å². The molecule has 0 spiro atoms. The van der Waals surface area contributed by atoms with Crippen molar-refractivity contribution in [2.75, 3.05) is 62.4 Å². The second-order valence-electron chi connectivity index (χ2n) is 7.88. The third-order valence-electron chi connectivity index (χ3n) is 5.49. The summed E-state index contributed by atoms with van der Waals surface area (Å²) < 4.78 is 13.1. The highest BCUT2D eigenvalue weighted by Crippen LogP contribution is 2.26. The molecule has 0 unspecified atom stereocenters. The maximum atomic E-state index is 5.52. The van der Waals surface area contributed by atoms with E-state index in [1.807, 2.05) is 18.2 Å². The van der Waals surface area contributed by atoms with Crippen LogP contribution in [0.2, 0.25) is 0 Å². The Balaban J connectivity index is 1.67. The van der Waals surface area contributed by atoms with Crippen molar-refractivity contribution in [1.29, 1.82) is 0 Å². The van der Waals surface area contributed by atoms with Gasteiger partial charge in [-0.3, -0.25) is 4.57 Å². The van der Waals surface area contributed by atoms with E-state index in [9.17, 15) is 0 Å². The van der Waals surface area contributed by atoms with Crippen molar-refractivity contribution < 1.29 is 9.47 Å². The van der Waals surface area contributed by atoms with Crippen molar-refractivity contribution in [1.82, 2.24) is 24.5 Å². The Morgan fingerprint density at radius 1 is 0.733 bits per heavy atom. The lowest BCUT2D eigenvalue weighted by molar-refractivity contribution is 0.121. The van der Waals surface area contributed by atoms with Gasteiger partial charge in [0.05, 0.1) is 37.5 Å². The lowest BCUT2D eigenvalue weighted by Crippen LogP contribution is -2.40. The summed E-state index contributed by atoms with van der Waals surface area (Å²) in [6.45, 7) is 10.1. The number of nitrogens with zero attached hydrogens (tertiary/aromatic N) is 7. The molecule has 5 rings (SSSR count). The molecule has 0 bridgehead atoms. The number of hydrogen-bond donors (Lipinski definition) is 0. The van der Waals surface area contributed by atoms with E-state index in [-0.39, 0.29) is 5.92 Å². The summed E-state index contributed by atoms with van der Waals surface area (Å²) in [4.78, 5) is 23.8. The molecule has 158 valence electrons. The fourth-order valence-corrected chi connectivity index (χ4v) is 3.89. The van der Waals surface area contributed by atoms with Crippen LogP contribution in [0.25, 0.3) is 17.0 Å². The van der Waals surface area contributed by atoms with Gasteiger partial charge in [-0.15, -0.1) is 0 Å². The van der Waals surface area contributed by atoms with Gasteiger partial charge in [-0.05, 0) is 12.1 Å². The summed E-state index contributed by atoms with van der Waals surface area (Å²) in [5.41, 5.74) is 1.95. The van der Waals surface area contributed by atoms with Gasteiger partial charge < -0.3 is 19.3 Å². The Hall–Kier alpha value is -2.78. The molecule has 2 saturated heterocycles. The first-order valence-corrected chi connectivity index (χ1v) is 10.6. The molecule has 9 nitrogen and oxygen atoms in total. The fraction of sp³-hybridized carbons (Fsp3) is 0.524. The second kappa shape index (κ2) is 8.16. The average molecular weight is 409 g/mol. The van der Waals surface area contributed by atoms with Crippen LogP contribution < -0.4 is 9.80 Å². The Morgan fingerprint density at radius 2 is 1.27 bits per heavy atom. The molecule has 0 atom stereocenters. The summed E-state index contributed by atoms with van der Waals surface area (Å²) in [5, 5.41) is 0. The standard InChI is InChI=1S/C21H27N7O2/c1-15(2)18-22-16-5-3-4-6-17(16)28(18)21-24-19(26-7-11-29-12-8-26)23-20(25-21)27-9-13-30-14-10-27/h3-6,15H,7-14H2,1-2H3. The quantitative estimate of drug-likeness (QED) is 0.647. The van der Waals surface area contributed by atoms with E-state index in [1.165, 1.54) is 0 Å². The molecule has 4 heterocycles. The third kappa shape index (κ3) is 3.59. The topological polar surface area (TPSA) is 81.4 Å². The van der Waals surface area contributed by atoms with Gasteiger partial charge in [0.15, 0.2) is 0 Å². The molecule has 0 radical (unpaired) electrons. The number of fused-ring (bicyclic) bond motifs is 1. The van der Waals surface area contributed by atoms with Crippen LogP contribution in [0.5, 0.6) is 0 Å². The molecule has 0 aliphatic carbocycles. The van der Waals surface area contributed by atoms with Gasteiger partial charge >= 0.3 is 0 Å². The van der Waals surface area contributed by atoms with Crippen LogP contribution in [-0.2, 0) is 9.47 Å². The summed E-state index contributed by atoms with van der Waals surface area (Å²) >= 11 is 0. The van der Waals surface area contributed by atoms with Crippen LogP contribution >= 0.6 is 0 Å². The average Bonchev–Trinajstić information content (AvgIpc) is 3.20. The van der Waals surface area contributed by atoms with Crippen LogP contribution in [0.3, 0.4) is 0 Å². The van der Waals surface area contributed by atoms with Crippen LogP contribution in [-0.4, -0.2) is 77.1 Å². The van der Waals surface area contributed by atoms with Gasteiger partial charge in [0.1, 0.15) is 5.82 Å². The van der Waals surface area contributed by atoms with Crippen molar-refractivity contribution >= 4 is 22.9 Å². The lowest BCUT2D eigenvalue weighted by atomic mass is 10.2. The lowest BCUT2D eigenvalue weighted by Gasteiger charge is -2.30. The highest BCUT2D eigenvalue weighted by molar-refractivity contribution is 5.77. The van der Waals surface area contributed by atoms with E-state index in [2.05, 4.69) is 34.3 Å². The molecule has 2 fully saturated rings. The normalized spacial score (nSPS) is 17.8. The Morgan fingerprint density at radius 3 is 1.83 bits per heavy atom. The third-order valence-corrected chi connectivity index (χ3v) is 5.49. The minimum Gasteiger partial charge on any atom is -0.378 e. The van der Waals surface area contributed by atoms with Crippen LogP contribution in [0, 0.1) is 0 Å². The van der Waals surface area contributed by atoms with E-state index in [4.69, 9.17) is 29.4 Å². The number of para-hydroxylation sites is 2. The van der Waals surface area contributed by atoms with Gasteiger partial charge in [0.25, 0.3) is 0 Å². The number of benzene rings is 1. The molecule has 2 aromatic heterocycles. The molecular formula is C21H27N7O2. The predicted molar refractivity (Wildman–Crippen MR) is 115 cm³/mol. The molecule has 0 amide bonds. The zero-order valence-electron chi connectivity index (χ0n) is 17.5. The second-order valence-corrected chi connectivity index (χ2v) is 7.88. The van der Waals surface area contributed by atoms with Gasteiger partial charge in [0, 0.05) is 32.1 Å². The molecule has 9 heteroatoms. The van der Waals surface area contributed by atoms with Crippen molar-refractivity contribution in [3.63, 3.8) is 0 Å².